The SMILES string of the molecule is CC(C)(O)C(C)(C)OB(O)c1ccc(N2CCOCC2)c(Cl)c1. The Labute approximate surface area is 143 Å². The molecule has 1 aromatic carbocycles. The lowest BCUT2D eigenvalue weighted by Crippen LogP contribution is -2.53. The smallest absolute Gasteiger partial charge is 0.423 e. The summed E-state index contributed by atoms with van der Waals surface area (Å²) in [5, 5.41) is 21.0. The molecule has 1 aliphatic rings. The van der Waals surface area contributed by atoms with E-state index >= 15 is 0 Å². The number of ether oxygens (including phenoxy) is 1. The number of hydrogen-bond acceptors (Lipinski definition) is 5. The van der Waals surface area contributed by atoms with Gasteiger partial charge < -0.3 is 24.4 Å². The zero-order chi connectivity index (χ0) is 17.3. The van der Waals surface area contributed by atoms with Gasteiger partial charge in [-0.3, -0.25) is 0 Å². The van der Waals surface area contributed by atoms with Crippen LogP contribution in [0, 0.1) is 0 Å². The van der Waals surface area contributed by atoms with Gasteiger partial charge in [-0.25, -0.2) is 0 Å². The average molecular weight is 342 g/mol. The topological polar surface area (TPSA) is 62.2 Å². The molecule has 2 N–H and O–H groups in total. The highest BCUT2D eigenvalue weighted by molar-refractivity contribution is 6.60. The van der Waals surface area contributed by atoms with E-state index in [1.54, 1.807) is 39.8 Å². The largest absolute Gasteiger partial charge is 0.491 e. The van der Waals surface area contributed by atoms with Crippen molar-refractivity contribution in [1.29, 1.82) is 0 Å². The quantitative estimate of drug-likeness (QED) is 0.793. The van der Waals surface area contributed by atoms with Crippen molar-refractivity contribution in [2.75, 3.05) is 31.2 Å². The van der Waals surface area contributed by atoms with Gasteiger partial charge in [0.15, 0.2) is 0 Å². The Morgan fingerprint density at radius 1 is 1.22 bits per heavy atom. The van der Waals surface area contributed by atoms with Gasteiger partial charge in [0.25, 0.3) is 0 Å². The van der Waals surface area contributed by atoms with Crippen molar-refractivity contribution in [1.82, 2.24) is 0 Å². The summed E-state index contributed by atoms with van der Waals surface area (Å²) in [7, 11) is -1.16. The Morgan fingerprint density at radius 3 is 2.35 bits per heavy atom. The zero-order valence-electron chi connectivity index (χ0n) is 14.2. The molecule has 0 bridgehead atoms. The molecule has 0 amide bonds. The molecule has 1 aliphatic heterocycles. The Kier molecular flexibility index (Phi) is 5.64. The second-order valence-electron chi connectivity index (χ2n) is 6.85. The van der Waals surface area contributed by atoms with Crippen molar-refractivity contribution in [3.63, 3.8) is 0 Å². The number of rotatable bonds is 5. The number of anilines is 1. The summed E-state index contributed by atoms with van der Waals surface area (Å²) in [6, 6.07) is 5.38. The molecule has 0 spiro atoms. The molecule has 23 heavy (non-hydrogen) atoms. The number of benzene rings is 1. The number of morpholine rings is 1. The minimum atomic E-state index is -1.16. The summed E-state index contributed by atoms with van der Waals surface area (Å²) in [5.74, 6) is 0. The maximum absolute atomic E-state index is 10.3. The van der Waals surface area contributed by atoms with E-state index in [0.29, 0.717) is 23.7 Å². The molecule has 1 heterocycles. The predicted octanol–water partition coefficient (Wildman–Crippen LogP) is 1.43. The molecule has 0 unspecified atom stereocenters. The first kappa shape index (κ1) is 18.6. The number of hydrogen-bond donors (Lipinski definition) is 2. The van der Waals surface area contributed by atoms with E-state index in [1.165, 1.54) is 0 Å². The van der Waals surface area contributed by atoms with Crippen LogP contribution in [-0.2, 0) is 9.39 Å². The van der Waals surface area contributed by atoms with Crippen LogP contribution in [-0.4, -0.2) is 54.8 Å². The molecule has 0 atom stereocenters. The zero-order valence-corrected chi connectivity index (χ0v) is 14.9. The van der Waals surface area contributed by atoms with E-state index in [9.17, 15) is 10.1 Å². The second kappa shape index (κ2) is 6.99. The molecule has 1 saturated heterocycles. The van der Waals surface area contributed by atoms with Crippen LogP contribution in [0.1, 0.15) is 27.7 Å². The molecule has 0 radical (unpaired) electrons. The van der Waals surface area contributed by atoms with E-state index < -0.39 is 18.3 Å². The van der Waals surface area contributed by atoms with E-state index in [4.69, 9.17) is 21.0 Å². The van der Waals surface area contributed by atoms with Crippen LogP contribution in [0.15, 0.2) is 18.2 Å². The molecule has 5 nitrogen and oxygen atoms in total. The van der Waals surface area contributed by atoms with Crippen LogP contribution in [0.5, 0.6) is 0 Å². The minimum Gasteiger partial charge on any atom is -0.423 e. The van der Waals surface area contributed by atoms with Crippen LogP contribution in [0.25, 0.3) is 0 Å². The Bertz CT molecular complexity index is 541. The Balaban J connectivity index is 2.13. The molecule has 7 heteroatoms. The van der Waals surface area contributed by atoms with Crippen LogP contribution in [0.4, 0.5) is 5.69 Å². The van der Waals surface area contributed by atoms with Gasteiger partial charge in [-0.15, -0.1) is 0 Å². The van der Waals surface area contributed by atoms with Crippen molar-refractivity contribution in [2.45, 2.75) is 38.9 Å². The van der Waals surface area contributed by atoms with Gasteiger partial charge in [-0.2, -0.15) is 0 Å². The molecular formula is C16H25BClNO4. The normalized spacial score (nSPS) is 16.6. The van der Waals surface area contributed by atoms with E-state index in [-0.39, 0.29) is 0 Å². The first-order chi connectivity index (χ1) is 10.6. The van der Waals surface area contributed by atoms with E-state index in [1.807, 2.05) is 6.07 Å². The molecule has 0 aliphatic carbocycles. The lowest BCUT2D eigenvalue weighted by atomic mass is 9.76. The van der Waals surface area contributed by atoms with Crippen molar-refractivity contribution in [3.05, 3.63) is 23.2 Å². The van der Waals surface area contributed by atoms with E-state index in [2.05, 4.69) is 4.90 Å². The van der Waals surface area contributed by atoms with Crippen molar-refractivity contribution < 1.29 is 19.5 Å². The first-order valence-electron chi connectivity index (χ1n) is 7.82. The number of halogens is 1. The summed E-state index contributed by atoms with van der Waals surface area (Å²) in [5.41, 5.74) is -0.523. The molecule has 0 saturated carbocycles. The van der Waals surface area contributed by atoms with Gasteiger partial charge >= 0.3 is 7.12 Å². The monoisotopic (exact) mass is 341 g/mol. The van der Waals surface area contributed by atoms with Crippen molar-refractivity contribution in [3.8, 4) is 0 Å². The first-order valence-corrected chi connectivity index (χ1v) is 8.20. The third-order valence-electron chi connectivity index (χ3n) is 4.49. The fraction of sp³-hybridized carbons (Fsp3) is 0.625. The summed E-state index contributed by atoms with van der Waals surface area (Å²) < 4.78 is 11.0. The third-order valence-corrected chi connectivity index (χ3v) is 4.79. The Hall–Kier alpha value is -0.785. The minimum absolute atomic E-state index is 0.560. The third kappa shape index (κ3) is 4.40. The van der Waals surface area contributed by atoms with Crippen LogP contribution in [0.2, 0.25) is 5.02 Å². The fourth-order valence-corrected chi connectivity index (χ4v) is 2.54. The maximum Gasteiger partial charge on any atom is 0.491 e. The Morgan fingerprint density at radius 2 is 1.83 bits per heavy atom. The van der Waals surface area contributed by atoms with Gasteiger partial charge in [0.05, 0.1) is 35.1 Å². The molecular weight excluding hydrogens is 316 g/mol. The summed E-state index contributed by atoms with van der Waals surface area (Å²) in [4.78, 5) is 2.16. The van der Waals surface area contributed by atoms with Crippen LogP contribution in [0.3, 0.4) is 0 Å². The average Bonchev–Trinajstić information content (AvgIpc) is 2.46. The van der Waals surface area contributed by atoms with Crippen molar-refractivity contribution >= 4 is 29.9 Å². The molecule has 1 fully saturated rings. The van der Waals surface area contributed by atoms with Gasteiger partial charge in [0, 0.05) is 13.1 Å². The van der Waals surface area contributed by atoms with E-state index in [0.717, 1.165) is 18.8 Å². The maximum atomic E-state index is 10.3. The van der Waals surface area contributed by atoms with Gasteiger partial charge in [-0.1, -0.05) is 17.7 Å². The summed E-state index contributed by atoms with van der Waals surface area (Å²) in [6.07, 6.45) is 0. The fourth-order valence-electron chi connectivity index (χ4n) is 2.23. The van der Waals surface area contributed by atoms with Crippen LogP contribution >= 0.6 is 11.6 Å². The highest BCUT2D eigenvalue weighted by Crippen LogP contribution is 2.27. The summed E-state index contributed by atoms with van der Waals surface area (Å²) >= 11 is 6.37. The number of aliphatic hydroxyl groups is 1. The lowest BCUT2D eigenvalue weighted by molar-refractivity contribution is -0.0982. The van der Waals surface area contributed by atoms with Gasteiger partial charge in [0.1, 0.15) is 0 Å². The molecule has 0 aromatic heterocycles. The molecule has 1 aromatic rings. The molecule has 2 rings (SSSR count). The predicted molar refractivity (Wildman–Crippen MR) is 93.6 cm³/mol. The van der Waals surface area contributed by atoms with Gasteiger partial charge in [0.2, 0.25) is 0 Å². The van der Waals surface area contributed by atoms with Gasteiger partial charge in [-0.05, 0) is 45.3 Å². The lowest BCUT2D eigenvalue weighted by Gasteiger charge is -2.38. The second-order valence-corrected chi connectivity index (χ2v) is 7.26. The molecule has 128 valence electrons. The highest BCUT2D eigenvalue weighted by atomic mass is 35.5. The van der Waals surface area contributed by atoms with Crippen LogP contribution < -0.4 is 10.4 Å². The standard InChI is InChI=1S/C16H25BClNO4/c1-15(2,20)16(3,4)23-17(21)12-5-6-14(13(18)11-12)19-7-9-22-10-8-19/h5-6,11,20-21H,7-10H2,1-4H3. The summed E-state index contributed by atoms with van der Waals surface area (Å²) in [6.45, 7) is 9.73. The highest BCUT2D eigenvalue weighted by Gasteiger charge is 2.39. The number of nitrogens with zero attached hydrogens (tertiary/aromatic N) is 1. The van der Waals surface area contributed by atoms with Crippen molar-refractivity contribution in [2.24, 2.45) is 0 Å².